The largest absolute Gasteiger partial charge is 0.365 e. The van der Waals surface area contributed by atoms with Crippen molar-refractivity contribution in [1.29, 1.82) is 0 Å². The number of hydrogen-bond donors (Lipinski definition) is 3. The van der Waals surface area contributed by atoms with E-state index in [-0.39, 0.29) is 6.04 Å². The van der Waals surface area contributed by atoms with Crippen molar-refractivity contribution in [3.8, 4) is 0 Å². The van der Waals surface area contributed by atoms with Crippen LogP contribution >= 0.6 is 0 Å². The normalized spacial score (nSPS) is 29.1. The minimum atomic E-state index is -0.560. The summed E-state index contributed by atoms with van der Waals surface area (Å²) in [6, 6.07) is 10.3. The maximum Gasteiger partial charge on any atom is 0.161 e. The smallest absolute Gasteiger partial charge is 0.161 e. The molecule has 2 atom stereocenters. The molecule has 64 valence electrons. The predicted octanol–water partition coefficient (Wildman–Crippen LogP) is 0.196. The van der Waals surface area contributed by atoms with E-state index in [9.17, 15) is 0 Å². The Bertz CT molecular complexity index is 250. The van der Waals surface area contributed by atoms with Crippen LogP contribution in [-0.4, -0.2) is 18.0 Å². The van der Waals surface area contributed by atoms with Crippen molar-refractivity contribution < 1.29 is 5.11 Å². The fraction of sp³-hybridized carbons (Fsp3) is 0.333. The SMILES string of the molecule is OC1NC[C@@H](c2ccccc2)N1. The van der Waals surface area contributed by atoms with Gasteiger partial charge >= 0.3 is 0 Å². The minimum Gasteiger partial charge on any atom is -0.365 e. The minimum absolute atomic E-state index is 0.237. The molecule has 1 saturated heterocycles. The lowest BCUT2D eigenvalue weighted by atomic mass is 10.1. The third-order valence-electron chi connectivity index (χ3n) is 2.08. The Hall–Kier alpha value is -0.900. The number of aliphatic hydroxyl groups excluding tert-OH is 1. The molecular formula is C9H12N2O. The highest BCUT2D eigenvalue weighted by Gasteiger charge is 2.21. The van der Waals surface area contributed by atoms with Crippen molar-refractivity contribution in [3.63, 3.8) is 0 Å². The maximum absolute atomic E-state index is 9.14. The predicted molar refractivity (Wildman–Crippen MR) is 46.3 cm³/mol. The van der Waals surface area contributed by atoms with Crippen LogP contribution in [0, 0.1) is 0 Å². The van der Waals surface area contributed by atoms with Crippen LogP contribution in [0.15, 0.2) is 30.3 Å². The van der Waals surface area contributed by atoms with Gasteiger partial charge < -0.3 is 5.11 Å². The number of rotatable bonds is 1. The Labute approximate surface area is 71.4 Å². The average molecular weight is 164 g/mol. The van der Waals surface area contributed by atoms with E-state index in [1.165, 1.54) is 5.56 Å². The van der Waals surface area contributed by atoms with Gasteiger partial charge in [-0.2, -0.15) is 0 Å². The maximum atomic E-state index is 9.14. The summed E-state index contributed by atoms with van der Waals surface area (Å²) in [5.41, 5.74) is 1.21. The number of nitrogens with one attached hydrogen (secondary N) is 2. The quantitative estimate of drug-likeness (QED) is 0.555. The standard InChI is InChI=1S/C9H12N2O/c12-9-10-6-8(11-9)7-4-2-1-3-5-7/h1-5,8-12H,6H2/t8-,9?/m0/s1. The van der Waals surface area contributed by atoms with Crippen LogP contribution in [0.2, 0.25) is 0 Å². The first-order valence-corrected chi connectivity index (χ1v) is 4.09. The molecule has 3 N–H and O–H groups in total. The zero-order valence-corrected chi connectivity index (χ0v) is 6.70. The number of hydrogen-bond acceptors (Lipinski definition) is 3. The van der Waals surface area contributed by atoms with Crippen LogP contribution in [0.25, 0.3) is 0 Å². The highest BCUT2D eigenvalue weighted by atomic mass is 16.3. The summed E-state index contributed by atoms with van der Waals surface area (Å²) in [6.07, 6.45) is -0.560. The molecule has 0 saturated carbocycles. The molecule has 0 bridgehead atoms. The molecule has 1 unspecified atom stereocenters. The van der Waals surface area contributed by atoms with E-state index in [0.29, 0.717) is 0 Å². The van der Waals surface area contributed by atoms with Crippen molar-refractivity contribution in [2.45, 2.75) is 12.4 Å². The van der Waals surface area contributed by atoms with Crippen molar-refractivity contribution in [1.82, 2.24) is 10.6 Å². The van der Waals surface area contributed by atoms with Gasteiger partial charge in [0.15, 0.2) is 6.35 Å². The van der Waals surface area contributed by atoms with Crippen LogP contribution in [0.4, 0.5) is 0 Å². The van der Waals surface area contributed by atoms with Crippen LogP contribution in [0.3, 0.4) is 0 Å². The molecule has 1 aromatic rings. The molecule has 3 heteroatoms. The van der Waals surface area contributed by atoms with Gasteiger partial charge in [0.2, 0.25) is 0 Å². The van der Waals surface area contributed by atoms with Crippen LogP contribution in [0.5, 0.6) is 0 Å². The molecule has 1 aliphatic rings. The second kappa shape index (κ2) is 3.23. The van der Waals surface area contributed by atoms with Crippen LogP contribution in [-0.2, 0) is 0 Å². The summed E-state index contributed by atoms with van der Waals surface area (Å²) >= 11 is 0. The molecule has 1 fully saturated rings. The van der Waals surface area contributed by atoms with E-state index in [1.54, 1.807) is 0 Å². The monoisotopic (exact) mass is 164 g/mol. The van der Waals surface area contributed by atoms with Gasteiger partial charge in [-0.3, -0.25) is 10.6 Å². The fourth-order valence-electron chi connectivity index (χ4n) is 1.44. The molecule has 0 aromatic heterocycles. The summed E-state index contributed by atoms with van der Waals surface area (Å²) in [6.45, 7) is 0.783. The zero-order chi connectivity index (χ0) is 8.39. The Kier molecular flexibility index (Phi) is 2.08. The van der Waals surface area contributed by atoms with E-state index in [0.717, 1.165) is 6.54 Å². The lowest BCUT2D eigenvalue weighted by Gasteiger charge is -2.09. The van der Waals surface area contributed by atoms with E-state index >= 15 is 0 Å². The number of aliphatic hydroxyl groups is 1. The molecule has 0 radical (unpaired) electrons. The lowest BCUT2D eigenvalue weighted by Crippen LogP contribution is -2.30. The van der Waals surface area contributed by atoms with Gasteiger partial charge in [-0.15, -0.1) is 0 Å². The summed E-state index contributed by atoms with van der Waals surface area (Å²) in [7, 11) is 0. The lowest BCUT2D eigenvalue weighted by molar-refractivity contribution is 0.133. The molecule has 1 aliphatic heterocycles. The fourth-order valence-corrected chi connectivity index (χ4v) is 1.44. The van der Waals surface area contributed by atoms with E-state index in [2.05, 4.69) is 22.8 Å². The summed E-state index contributed by atoms with van der Waals surface area (Å²) in [5.74, 6) is 0. The molecule has 2 rings (SSSR count). The van der Waals surface area contributed by atoms with Crippen molar-refractivity contribution in [3.05, 3.63) is 35.9 Å². The highest BCUT2D eigenvalue weighted by Crippen LogP contribution is 2.14. The van der Waals surface area contributed by atoms with Crippen LogP contribution < -0.4 is 10.6 Å². The molecule has 1 heterocycles. The van der Waals surface area contributed by atoms with Crippen molar-refractivity contribution >= 4 is 0 Å². The molecule has 0 spiro atoms. The van der Waals surface area contributed by atoms with Gasteiger partial charge in [-0.25, -0.2) is 0 Å². The molecule has 12 heavy (non-hydrogen) atoms. The van der Waals surface area contributed by atoms with Crippen molar-refractivity contribution in [2.24, 2.45) is 0 Å². The highest BCUT2D eigenvalue weighted by molar-refractivity contribution is 5.20. The molecular weight excluding hydrogens is 152 g/mol. The van der Waals surface area contributed by atoms with E-state index < -0.39 is 6.35 Å². The molecule has 3 nitrogen and oxygen atoms in total. The zero-order valence-electron chi connectivity index (χ0n) is 6.70. The van der Waals surface area contributed by atoms with Gasteiger partial charge in [-0.1, -0.05) is 30.3 Å². The molecule has 0 amide bonds. The first-order valence-electron chi connectivity index (χ1n) is 4.09. The summed E-state index contributed by atoms with van der Waals surface area (Å²) < 4.78 is 0. The molecule has 0 aliphatic carbocycles. The third-order valence-corrected chi connectivity index (χ3v) is 2.08. The van der Waals surface area contributed by atoms with Gasteiger partial charge in [0.05, 0.1) is 0 Å². The van der Waals surface area contributed by atoms with Gasteiger partial charge in [-0.05, 0) is 5.56 Å². The number of benzene rings is 1. The Morgan fingerprint density at radius 1 is 1.25 bits per heavy atom. The van der Waals surface area contributed by atoms with E-state index in [1.807, 2.05) is 18.2 Å². The second-order valence-electron chi connectivity index (χ2n) is 2.94. The van der Waals surface area contributed by atoms with Gasteiger partial charge in [0, 0.05) is 12.6 Å². The van der Waals surface area contributed by atoms with Gasteiger partial charge in [0.1, 0.15) is 0 Å². The first-order chi connectivity index (χ1) is 5.86. The van der Waals surface area contributed by atoms with E-state index in [4.69, 9.17) is 5.11 Å². The summed E-state index contributed by atoms with van der Waals surface area (Å²) in [5, 5.41) is 15.1. The second-order valence-corrected chi connectivity index (χ2v) is 2.94. The third kappa shape index (κ3) is 1.48. The van der Waals surface area contributed by atoms with Crippen LogP contribution in [0.1, 0.15) is 11.6 Å². The average Bonchev–Trinajstić information content (AvgIpc) is 2.54. The Morgan fingerprint density at radius 3 is 2.58 bits per heavy atom. The van der Waals surface area contributed by atoms with Crippen molar-refractivity contribution in [2.75, 3.05) is 6.54 Å². The Balaban J connectivity index is 2.11. The molecule has 1 aromatic carbocycles. The first kappa shape index (κ1) is 7.73. The Morgan fingerprint density at radius 2 is 2.00 bits per heavy atom. The summed E-state index contributed by atoms with van der Waals surface area (Å²) in [4.78, 5) is 0. The van der Waals surface area contributed by atoms with Gasteiger partial charge in [0.25, 0.3) is 0 Å². The topological polar surface area (TPSA) is 44.3 Å².